The van der Waals surface area contributed by atoms with E-state index in [2.05, 4.69) is 5.32 Å². The molecule has 4 rings (SSSR count). The van der Waals surface area contributed by atoms with Crippen molar-refractivity contribution in [2.24, 2.45) is 29.4 Å². The van der Waals surface area contributed by atoms with Crippen LogP contribution in [0.4, 0.5) is 0 Å². The molecule has 21 heavy (non-hydrogen) atoms. The number of nitrogens with one attached hydrogen (secondary N) is 1. The molecule has 0 aromatic rings. The van der Waals surface area contributed by atoms with E-state index in [-0.39, 0.29) is 24.1 Å². The van der Waals surface area contributed by atoms with Crippen LogP contribution in [0.1, 0.15) is 38.5 Å². The third-order valence-corrected chi connectivity index (χ3v) is 6.65. The van der Waals surface area contributed by atoms with Gasteiger partial charge in [-0.1, -0.05) is 0 Å². The maximum absolute atomic E-state index is 12.2. The van der Waals surface area contributed by atoms with Gasteiger partial charge in [0.15, 0.2) is 0 Å². The minimum atomic E-state index is -3.06. The predicted octanol–water partition coefficient (Wildman–Crippen LogP) is 0.689. The SMILES string of the molecule is CS(=O)(=O)CCC(N)C(=O)NC1C2CC3CC(C2)CC1C3. The van der Waals surface area contributed by atoms with Crippen molar-refractivity contribution in [2.45, 2.75) is 50.6 Å². The molecule has 4 bridgehead atoms. The van der Waals surface area contributed by atoms with Crippen molar-refractivity contribution < 1.29 is 13.2 Å². The first-order chi connectivity index (χ1) is 9.82. The van der Waals surface area contributed by atoms with Crippen LogP contribution in [-0.4, -0.2) is 38.4 Å². The zero-order valence-electron chi connectivity index (χ0n) is 12.6. The van der Waals surface area contributed by atoms with Crippen LogP contribution in [0.25, 0.3) is 0 Å². The molecule has 1 atom stereocenters. The third kappa shape index (κ3) is 3.42. The Balaban J connectivity index is 1.55. The van der Waals surface area contributed by atoms with Gasteiger partial charge in [-0.3, -0.25) is 4.79 Å². The highest BCUT2D eigenvalue weighted by Gasteiger charge is 2.48. The number of carbonyl (C=O) groups is 1. The zero-order chi connectivity index (χ0) is 15.2. The molecule has 6 heteroatoms. The minimum Gasteiger partial charge on any atom is -0.351 e. The van der Waals surface area contributed by atoms with E-state index in [0.717, 1.165) is 11.8 Å². The number of nitrogens with two attached hydrogens (primary N) is 1. The molecule has 120 valence electrons. The van der Waals surface area contributed by atoms with Crippen molar-refractivity contribution in [3.05, 3.63) is 0 Å². The molecule has 1 unspecified atom stereocenters. The second-order valence-electron chi connectivity index (χ2n) is 7.49. The topological polar surface area (TPSA) is 89.3 Å². The second kappa shape index (κ2) is 5.54. The van der Waals surface area contributed by atoms with Crippen LogP contribution in [0.15, 0.2) is 0 Å². The molecule has 4 fully saturated rings. The van der Waals surface area contributed by atoms with E-state index in [0.29, 0.717) is 11.8 Å². The number of rotatable bonds is 5. The largest absolute Gasteiger partial charge is 0.351 e. The Morgan fingerprint density at radius 3 is 2.14 bits per heavy atom. The van der Waals surface area contributed by atoms with Gasteiger partial charge in [0.2, 0.25) is 5.91 Å². The van der Waals surface area contributed by atoms with E-state index in [1.54, 1.807) is 0 Å². The van der Waals surface area contributed by atoms with E-state index >= 15 is 0 Å². The van der Waals surface area contributed by atoms with Gasteiger partial charge in [-0.05, 0) is 62.2 Å². The van der Waals surface area contributed by atoms with Gasteiger partial charge < -0.3 is 11.1 Å². The van der Waals surface area contributed by atoms with E-state index < -0.39 is 15.9 Å². The van der Waals surface area contributed by atoms with Gasteiger partial charge in [0.25, 0.3) is 0 Å². The molecule has 3 N–H and O–H groups in total. The molecule has 0 heterocycles. The van der Waals surface area contributed by atoms with Crippen LogP contribution < -0.4 is 11.1 Å². The average Bonchev–Trinajstić information content (AvgIpc) is 2.38. The second-order valence-corrected chi connectivity index (χ2v) is 9.75. The molecule has 4 aliphatic carbocycles. The Hall–Kier alpha value is -0.620. The van der Waals surface area contributed by atoms with Gasteiger partial charge in [0, 0.05) is 12.3 Å². The van der Waals surface area contributed by atoms with Crippen LogP contribution in [0.3, 0.4) is 0 Å². The lowest BCUT2D eigenvalue weighted by Crippen LogP contribution is -2.58. The van der Waals surface area contributed by atoms with Gasteiger partial charge in [-0.2, -0.15) is 0 Å². The van der Waals surface area contributed by atoms with Crippen LogP contribution in [0.5, 0.6) is 0 Å². The van der Waals surface area contributed by atoms with Crippen LogP contribution in [0, 0.1) is 23.7 Å². The molecule has 0 spiro atoms. The summed E-state index contributed by atoms with van der Waals surface area (Å²) in [6.07, 6.45) is 7.76. The molecule has 0 aromatic heterocycles. The van der Waals surface area contributed by atoms with Gasteiger partial charge in [0.1, 0.15) is 9.84 Å². The standard InChI is InChI=1S/C15H26N2O3S/c1-21(19,20)3-2-13(16)15(18)17-14-11-5-9-4-10(7-11)8-12(14)6-9/h9-14H,2-8,16H2,1H3,(H,17,18). The van der Waals surface area contributed by atoms with E-state index in [9.17, 15) is 13.2 Å². The first-order valence-corrected chi connectivity index (χ1v) is 10.1. The summed E-state index contributed by atoms with van der Waals surface area (Å²) in [5.41, 5.74) is 5.85. The monoisotopic (exact) mass is 314 g/mol. The highest BCUT2D eigenvalue weighted by Crippen LogP contribution is 2.53. The first-order valence-electron chi connectivity index (χ1n) is 8.05. The number of sulfone groups is 1. The van der Waals surface area contributed by atoms with Gasteiger partial charge in [0.05, 0.1) is 11.8 Å². The fourth-order valence-corrected chi connectivity index (χ4v) is 5.59. The Morgan fingerprint density at radius 2 is 1.67 bits per heavy atom. The molecule has 0 radical (unpaired) electrons. The summed E-state index contributed by atoms with van der Waals surface area (Å²) in [4.78, 5) is 12.2. The Bertz CT molecular complexity index is 489. The normalized spacial score (nSPS) is 39.2. The maximum Gasteiger partial charge on any atom is 0.237 e. The first kappa shape index (κ1) is 15.3. The van der Waals surface area contributed by atoms with Crippen LogP contribution in [0.2, 0.25) is 0 Å². The minimum absolute atomic E-state index is 0.0245. The van der Waals surface area contributed by atoms with Crippen molar-refractivity contribution in [1.82, 2.24) is 5.32 Å². The van der Waals surface area contributed by atoms with Crippen LogP contribution >= 0.6 is 0 Å². The van der Waals surface area contributed by atoms with Gasteiger partial charge >= 0.3 is 0 Å². The van der Waals surface area contributed by atoms with E-state index in [4.69, 9.17) is 5.73 Å². The Morgan fingerprint density at radius 1 is 1.14 bits per heavy atom. The molecule has 0 saturated heterocycles. The maximum atomic E-state index is 12.2. The van der Waals surface area contributed by atoms with Gasteiger partial charge in [-0.15, -0.1) is 0 Å². The average molecular weight is 314 g/mol. The van der Waals surface area contributed by atoms with Gasteiger partial charge in [-0.25, -0.2) is 8.42 Å². The summed E-state index contributed by atoms with van der Waals surface area (Å²) in [5, 5.41) is 3.14. The van der Waals surface area contributed by atoms with E-state index in [1.165, 1.54) is 38.4 Å². The summed E-state index contributed by atoms with van der Waals surface area (Å²) < 4.78 is 22.3. The molecule has 4 saturated carbocycles. The smallest absolute Gasteiger partial charge is 0.237 e. The summed E-state index contributed by atoms with van der Waals surface area (Å²) in [6, 6.07) is -0.438. The number of carbonyl (C=O) groups excluding carboxylic acids is 1. The summed E-state index contributed by atoms with van der Waals surface area (Å²) in [6.45, 7) is 0. The number of hydrogen-bond donors (Lipinski definition) is 2. The lowest BCUT2D eigenvalue weighted by molar-refractivity contribution is -0.126. The molecule has 0 aliphatic heterocycles. The summed E-state index contributed by atoms with van der Waals surface area (Å²) in [7, 11) is -3.06. The molecule has 1 amide bonds. The van der Waals surface area contributed by atoms with Crippen molar-refractivity contribution >= 4 is 15.7 Å². The quantitative estimate of drug-likeness (QED) is 0.781. The fourth-order valence-electron chi connectivity index (χ4n) is 4.90. The molecular formula is C15H26N2O3S. The molecular weight excluding hydrogens is 288 g/mol. The summed E-state index contributed by atoms with van der Waals surface area (Å²) in [5.74, 6) is 2.79. The molecule has 5 nitrogen and oxygen atoms in total. The summed E-state index contributed by atoms with van der Waals surface area (Å²) >= 11 is 0. The van der Waals surface area contributed by atoms with Crippen molar-refractivity contribution in [1.29, 1.82) is 0 Å². The third-order valence-electron chi connectivity index (χ3n) is 5.67. The number of hydrogen-bond acceptors (Lipinski definition) is 4. The lowest BCUT2D eigenvalue weighted by Gasteiger charge is -2.54. The van der Waals surface area contributed by atoms with Crippen LogP contribution in [-0.2, 0) is 14.6 Å². The number of amides is 1. The van der Waals surface area contributed by atoms with E-state index in [1.807, 2.05) is 0 Å². The fraction of sp³-hybridized carbons (Fsp3) is 0.933. The highest BCUT2D eigenvalue weighted by atomic mass is 32.2. The van der Waals surface area contributed by atoms with Crippen molar-refractivity contribution in [3.8, 4) is 0 Å². The molecule has 0 aromatic carbocycles. The zero-order valence-corrected chi connectivity index (χ0v) is 13.4. The van der Waals surface area contributed by atoms with Crippen molar-refractivity contribution in [3.63, 3.8) is 0 Å². The molecule has 4 aliphatic rings. The Labute approximate surface area is 127 Å². The lowest BCUT2D eigenvalue weighted by atomic mass is 9.54. The Kier molecular flexibility index (Phi) is 4.03. The van der Waals surface area contributed by atoms with Crippen molar-refractivity contribution in [2.75, 3.05) is 12.0 Å². The predicted molar refractivity (Wildman–Crippen MR) is 81.3 cm³/mol. The highest BCUT2D eigenvalue weighted by molar-refractivity contribution is 7.90.